The zero-order valence-electron chi connectivity index (χ0n) is 11.5. The number of carbonyl (C=O) groups is 1. The van der Waals surface area contributed by atoms with E-state index in [1.807, 2.05) is 0 Å². The third-order valence-electron chi connectivity index (χ3n) is 3.63. The predicted molar refractivity (Wildman–Crippen MR) is 74.2 cm³/mol. The van der Waals surface area contributed by atoms with Crippen LogP contribution in [0.25, 0.3) is 0 Å². The molecule has 1 saturated carbocycles. The largest absolute Gasteiger partial charge is 0.495 e. The van der Waals surface area contributed by atoms with E-state index in [1.54, 1.807) is 18.2 Å². The van der Waals surface area contributed by atoms with Crippen molar-refractivity contribution < 1.29 is 14.3 Å². The number of rotatable bonds is 3. The zero-order valence-corrected chi connectivity index (χ0v) is 11.5. The van der Waals surface area contributed by atoms with Gasteiger partial charge in [0.25, 0.3) is 0 Å². The summed E-state index contributed by atoms with van der Waals surface area (Å²) in [5.41, 5.74) is 6.73. The van der Waals surface area contributed by atoms with Gasteiger partial charge >= 0.3 is 5.97 Å². The average molecular weight is 263 g/mol. The normalized spacial score (nSPS) is 22.8. The lowest BCUT2D eigenvalue weighted by Gasteiger charge is -2.26. The first-order chi connectivity index (χ1) is 9.10. The molecule has 0 amide bonds. The van der Waals surface area contributed by atoms with Crippen LogP contribution >= 0.6 is 0 Å². The van der Waals surface area contributed by atoms with E-state index in [9.17, 15) is 4.79 Å². The molecule has 1 aliphatic carbocycles. The molecule has 2 unspecified atom stereocenters. The van der Waals surface area contributed by atoms with Crippen LogP contribution in [0.1, 0.15) is 43.0 Å². The number of nitrogens with two attached hydrogens (primary N) is 1. The third-order valence-corrected chi connectivity index (χ3v) is 3.63. The van der Waals surface area contributed by atoms with Crippen molar-refractivity contribution in [2.45, 2.75) is 38.7 Å². The van der Waals surface area contributed by atoms with E-state index in [2.05, 4.69) is 6.92 Å². The molecule has 0 aliphatic heterocycles. The summed E-state index contributed by atoms with van der Waals surface area (Å²) in [5, 5.41) is 0. The van der Waals surface area contributed by atoms with E-state index in [-0.39, 0.29) is 12.1 Å². The lowest BCUT2D eigenvalue weighted by molar-refractivity contribution is 0.0155. The number of hydrogen-bond donors (Lipinski definition) is 1. The van der Waals surface area contributed by atoms with E-state index in [1.165, 1.54) is 13.5 Å². The van der Waals surface area contributed by atoms with Crippen LogP contribution in [0.5, 0.6) is 5.75 Å². The van der Waals surface area contributed by atoms with Crippen molar-refractivity contribution in [3.8, 4) is 5.75 Å². The van der Waals surface area contributed by atoms with Gasteiger partial charge in [-0.3, -0.25) is 0 Å². The monoisotopic (exact) mass is 263 g/mol. The predicted octanol–water partition coefficient (Wildman–Crippen LogP) is 3.01. The molecule has 0 radical (unpaired) electrons. The molecule has 1 aromatic rings. The van der Waals surface area contributed by atoms with Crippen molar-refractivity contribution >= 4 is 11.7 Å². The highest BCUT2D eigenvalue weighted by Gasteiger charge is 2.23. The Hall–Kier alpha value is -1.71. The lowest BCUT2D eigenvalue weighted by atomic mass is 9.89. The summed E-state index contributed by atoms with van der Waals surface area (Å²) in [6.45, 7) is 2.20. The van der Waals surface area contributed by atoms with Crippen molar-refractivity contribution in [2.75, 3.05) is 12.8 Å². The topological polar surface area (TPSA) is 61.5 Å². The molecule has 2 atom stereocenters. The van der Waals surface area contributed by atoms with Crippen LogP contribution in [0.3, 0.4) is 0 Å². The molecule has 104 valence electrons. The molecule has 0 bridgehead atoms. The first-order valence-electron chi connectivity index (χ1n) is 6.74. The highest BCUT2D eigenvalue weighted by molar-refractivity contribution is 5.90. The summed E-state index contributed by atoms with van der Waals surface area (Å²) in [6.07, 6.45) is 4.31. The molecule has 19 heavy (non-hydrogen) atoms. The van der Waals surface area contributed by atoms with Crippen LogP contribution in [0.2, 0.25) is 0 Å². The molecule has 1 aliphatic rings. The number of nitrogen functional groups attached to an aromatic ring is 1. The Bertz CT molecular complexity index is 459. The molecule has 1 aromatic carbocycles. The molecule has 4 nitrogen and oxygen atoms in total. The van der Waals surface area contributed by atoms with Gasteiger partial charge in [0.15, 0.2) is 0 Å². The van der Waals surface area contributed by atoms with Crippen molar-refractivity contribution in [2.24, 2.45) is 5.92 Å². The van der Waals surface area contributed by atoms with E-state index < -0.39 is 0 Å². The summed E-state index contributed by atoms with van der Waals surface area (Å²) in [4.78, 5) is 12.1. The van der Waals surface area contributed by atoms with Crippen molar-refractivity contribution in [3.63, 3.8) is 0 Å². The molecule has 2 N–H and O–H groups in total. The van der Waals surface area contributed by atoms with Gasteiger partial charge < -0.3 is 15.2 Å². The van der Waals surface area contributed by atoms with Gasteiger partial charge in [0.1, 0.15) is 11.9 Å². The zero-order chi connectivity index (χ0) is 13.8. The second kappa shape index (κ2) is 5.95. The van der Waals surface area contributed by atoms with Gasteiger partial charge in [-0.1, -0.05) is 13.3 Å². The number of hydrogen-bond acceptors (Lipinski definition) is 4. The Morgan fingerprint density at radius 2 is 2.16 bits per heavy atom. The first kappa shape index (κ1) is 13.7. The second-order valence-electron chi connectivity index (χ2n) is 5.26. The maximum absolute atomic E-state index is 12.1. The second-order valence-corrected chi connectivity index (χ2v) is 5.26. The molecule has 0 heterocycles. The number of carbonyl (C=O) groups excluding carboxylic acids is 1. The van der Waals surface area contributed by atoms with Gasteiger partial charge in [-0.05, 0) is 43.4 Å². The Kier molecular flexibility index (Phi) is 4.30. The molecule has 0 aromatic heterocycles. The number of methoxy groups -OCH3 is 1. The highest BCUT2D eigenvalue weighted by atomic mass is 16.5. The van der Waals surface area contributed by atoms with Crippen LogP contribution in [0, 0.1) is 5.92 Å². The van der Waals surface area contributed by atoms with Crippen LogP contribution in [0.4, 0.5) is 5.69 Å². The fourth-order valence-electron chi connectivity index (χ4n) is 2.54. The molecular weight excluding hydrogens is 242 g/mol. The highest BCUT2D eigenvalue weighted by Crippen LogP contribution is 2.27. The van der Waals surface area contributed by atoms with Gasteiger partial charge in [0, 0.05) is 0 Å². The quantitative estimate of drug-likeness (QED) is 0.672. The Balaban J connectivity index is 2.03. The van der Waals surface area contributed by atoms with E-state index in [0.29, 0.717) is 22.9 Å². The Morgan fingerprint density at radius 1 is 1.37 bits per heavy atom. The minimum atomic E-state index is -0.294. The van der Waals surface area contributed by atoms with E-state index >= 15 is 0 Å². The SMILES string of the molecule is COc1cc(C(=O)OC2CCCC(C)C2)ccc1N. The summed E-state index contributed by atoms with van der Waals surface area (Å²) in [7, 11) is 1.53. The van der Waals surface area contributed by atoms with Crippen LogP contribution in [-0.2, 0) is 4.74 Å². The maximum atomic E-state index is 12.1. The summed E-state index contributed by atoms with van der Waals surface area (Å²) < 4.78 is 10.7. The molecule has 2 rings (SSSR count). The number of anilines is 1. The van der Waals surface area contributed by atoms with E-state index in [0.717, 1.165) is 19.3 Å². The summed E-state index contributed by atoms with van der Waals surface area (Å²) in [5.74, 6) is 0.844. The maximum Gasteiger partial charge on any atom is 0.338 e. The number of benzene rings is 1. The smallest absolute Gasteiger partial charge is 0.338 e. The van der Waals surface area contributed by atoms with Gasteiger partial charge in [-0.2, -0.15) is 0 Å². The van der Waals surface area contributed by atoms with Crippen LogP contribution in [0.15, 0.2) is 18.2 Å². The fraction of sp³-hybridized carbons (Fsp3) is 0.533. The molecule has 1 fully saturated rings. The van der Waals surface area contributed by atoms with Crippen molar-refractivity contribution in [1.29, 1.82) is 0 Å². The minimum Gasteiger partial charge on any atom is -0.495 e. The van der Waals surface area contributed by atoms with Gasteiger partial charge in [-0.15, -0.1) is 0 Å². The van der Waals surface area contributed by atoms with Crippen molar-refractivity contribution in [1.82, 2.24) is 0 Å². The van der Waals surface area contributed by atoms with Crippen molar-refractivity contribution in [3.05, 3.63) is 23.8 Å². The Morgan fingerprint density at radius 3 is 2.84 bits per heavy atom. The summed E-state index contributed by atoms with van der Waals surface area (Å²) in [6, 6.07) is 4.97. The number of ether oxygens (including phenoxy) is 2. The van der Waals surface area contributed by atoms with Gasteiger partial charge in [0.2, 0.25) is 0 Å². The van der Waals surface area contributed by atoms with E-state index in [4.69, 9.17) is 15.2 Å². The fourth-order valence-corrected chi connectivity index (χ4v) is 2.54. The van der Waals surface area contributed by atoms with Crippen LogP contribution < -0.4 is 10.5 Å². The Labute approximate surface area is 113 Å². The van der Waals surface area contributed by atoms with Gasteiger partial charge in [-0.25, -0.2) is 4.79 Å². The molecule has 4 heteroatoms. The lowest BCUT2D eigenvalue weighted by Crippen LogP contribution is -2.24. The molecule has 0 spiro atoms. The third kappa shape index (κ3) is 3.40. The van der Waals surface area contributed by atoms with Gasteiger partial charge in [0.05, 0.1) is 18.4 Å². The number of esters is 1. The molecular formula is C15H21NO3. The van der Waals surface area contributed by atoms with Crippen LogP contribution in [-0.4, -0.2) is 19.2 Å². The summed E-state index contributed by atoms with van der Waals surface area (Å²) >= 11 is 0. The molecule has 0 saturated heterocycles. The minimum absolute atomic E-state index is 0.0415. The first-order valence-corrected chi connectivity index (χ1v) is 6.74. The standard InChI is InChI=1S/C15H21NO3/c1-10-4-3-5-12(8-10)19-15(17)11-6-7-13(16)14(9-11)18-2/h6-7,9-10,12H,3-5,8,16H2,1-2H3. The average Bonchev–Trinajstić information content (AvgIpc) is 2.39.